The van der Waals surface area contributed by atoms with Gasteiger partial charge in [0.2, 0.25) is 5.91 Å². The number of carbonyl (C=O) groups excluding carboxylic acids is 1. The number of aromatic nitrogens is 2. The smallest absolute Gasteiger partial charge is 0.234 e. The Hall–Kier alpha value is -2.54. The van der Waals surface area contributed by atoms with Crippen molar-refractivity contribution in [1.29, 1.82) is 0 Å². The summed E-state index contributed by atoms with van der Waals surface area (Å²) in [6, 6.07) is 5.88. The molecule has 7 heteroatoms. The molecule has 1 aromatic heterocycles. The molecule has 7 nitrogen and oxygen atoms in total. The molecule has 1 atom stereocenters. The van der Waals surface area contributed by atoms with Crippen LogP contribution in [0.5, 0.6) is 11.5 Å². The number of benzene rings is 1. The molecule has 30 heavy (non-hydrogen) atoms. The summed E-state index contributed by atoms with van der Waals surface area (Å²) in [5.41, 5.74) is 4.59. The Morgan fingerprint density at radius 1 is 1.33 bits per heavy atom. The molecule has 2 heterocycles. The number of aryl methyl sites for hydroxylation is 1. The second kappa shape index (κ2) is 9.51. The first-order chi connectivity index (χ1) is 14.7. The van der Waals surface area contributed by atoms with E-state index in [1.54, 1.807) is 7.11 Å². The molecular weight excluding hydrogens is 380 g/mol. The number of nitrogens with zero attached hydrogens (tertiary/aromatic N) is 2. The Labute approximate surface area is 178 Å². The van der Waals surface area contributed by atoms with Crippen LogP contribution in [0.3, 0.4) is 0 Å². The Bertz CT molecular complexity index is 879. The molecule has 2 N–H and O–H groups in total. The molecule has 2 aromatic rings. The molecule has 1 aliphatic heterocycles. The third-order valence-electron chi connectivity index (χ3n) is 6.08. The Kier molecular flexibility index (Phi) is 6.57. The minimum Gasteiger partial charge on any atom is -0.497 e. The lowest BCUT2D eigenvalue weighted by atomic mass is 10.1. The number of hydrogen-bond donors (Lipinski definition) is 2. The van der Waals surface area contributed by atoms with Crippen LogP contribution in [-0.4, -0.2) is 47.3 Å². The summed E-state index contributed by atoms with van der Waals surface area (Å²) in [5, 5.41) is 10.7. The van der Waals surface area contributed by atoms with Crippen LogP contribution in [-0.2, 0) is 30.7 Å². The zero-order valence-corrected chi connectivity index (χ0v) is 18.0. The van der Waals surface area contributed by atoms with Crippen molar-refractivity contribution in [3.63, 3.8) is 0 Å². The number of ether oxygens (including phenoxy) is 2. The third kappa shape index (κ3) is 4.78. The predicted molar refractivity (Wildman–Crippen MR) is 115 cm³/mol. The van der Waals surface area contributed by atoms with Gasteiger partial charge in [-0.05, 0) is 55.9 Å². The van der Waals surface area contributed by atoms with E-state index in [4.69, 9.17) is 9.47 Å². The average molecular weight is 413 g/mol. The topological polar surface area (TPSA) is 79.5 Å². The molecule has 1 aromatic carbocycles. The molecule has 4 rings (SSSR count). The fourth-order valence-corrected chi connectivity index (χ4v) is 4.38. The predicted octanol–water partition coefficient (Wildman–Crippen LogP) is 2.98. The highest BCUT2D eigenvalue weighted by Crippen LogP contribution is 2.29. The largest absolute Gasteiger partial charge is 0.497 e. The quantitative estimate of drug-likeness (QED) is 0.713. The van der Waals surface area contributed by atoms with Gasteiger partial charge in [-0.15, -0.1) is 0 Å². The van der Waals surface area contributed by atoms with Crippen molar-refractivity contribution < 1.29 is 14.3 Å². The fraction of sp³-hybridized carbons (Fsp3) is 0.565. The number of nitrogens with one attached hydrogen (secondary N) is 2. The first-order valence-electron chi connectivity index (χ1n) is 11.0. The summed E-state index contributed by atoms with van der Waals surface area (Å²) in [4.78, 5) is 14.9. The van der Waals surface area contributed by atoms with Gasteiger partial charge in [0.05, 0.1) is 25.9 Å². The van der Waals surface area contributed by atoms with Gasteiger partial charge in [0, 0.05) is 24.3 Å². The summed E-state index contributed by atoms with van der Waals surface area (Å²) in [6.07, 6.45) is 6.74. The first-order valence-corrected chi connectivity index (χ1v) is 11.0. The minimum atomic E-state index is 0.0153. The number of H-pyrrole nitrogens is 1. The summed E-state index contributed by atoms with van der Waals surface area (Å²) in [5.74, 6) is 1.70. The maximum atomic E-state index is 12.7. The molecule has 1 aliphatic carbocycles. The van der Waals surface area contributed by atoms with Gasteiger partial charge in [0.15, 0.2) is 0 Å². The zero-order valence-electron chi connectivity index (χ0n) is 18.0. The Morgan fingerprint density at radius 2 is 2.20 bits per heavy atom. The SMILES string of the molecule is CCC1CN(CC(=O)NCc2n[nH]c3c2CCCCC3)Cc2cc(OC)ccc2O1. The van der Waals surface area contributed by atoms with E-state index in [0.29, 0.717) is 19.6 Å². The molecular formula is C23H32N4O3. The van der Waals surface area contributed by atoms with E-state index in [9.17, 15) is 4.79 Å². The number of fused-ring (bicyclic) bond motifs is 2. The van der Waals surface area contributed by atoms with Gasteiger partial charge in [-0.25, -0.2) is 0 Å². The van der Waals surface area contributed by atoms with E-state index in [1.165, 1.54) is 30.5 Å². The fourth-order valence-electron chi connectivity index (χ4n) is 4.38. The molecule has 0 saturated heterocycles. The maximum absolute atomic E-state index is 12.7. The van der Waals surface area contributed by atoms with E-state index >= 15 is 0 Å². The van der Waals surface area contributed by atoms with Crippen LogP contribution in [0.15, 0.2) is 18.2 Å². The van der Waals surface area contributed by atoms with Gasteiger partial charge < -0.3 is 14.8 Å². The van der Waals surface area contributed by atoms with Crippen molar-refractivity contribution in [3.8, 4) is 11.5 Å². The molecule has 0 fully saturated rings. The molecule has 162 valence electrons. The van der Waals surface area contributed by atoms with Crippen molar-refractivity contribution in [1.82, 2.24) is 20.4 Å². The van der Waals surface area contributed by atoms with Crippen LogP contribution in [0.4, 0.5) is 0 Å². The molecule has 0 radical (unpaired) electrons. The highest BCUT2D eigenvalue weighted by Gasteiger charge is 2.24. The molecule has 2 aliphatic rings. The number of amides is 1. The van der Waals surface area contributed by atoms with Crippen LogP contribution in [0.2, 0.25) is 0 Å². The lowest BCUT2D eigenvalue weighted by Gasteiger charge is -2.22. The normalized spacial score (nSPS) is 19.1. The van der Waals surface area contributed by atoms with E-state index in [1.807, 2.05) is 18.2 Å². The summed E-state index contributed by atoms with van der Waals surface area (Å²) < 4.78 is 11.5. The second-order valence-electron chi connectivity index (χ2n) is 8.26. The van der Waals surface area contributed by atoms with Crippen molar-refractivity contribution in [2.24, 2.45) is 0 Å². The van der Waals surface area contributed by atoms with Crippen molar-refractivity contribution in [2.45, 2.75) is 64.6 Å². The van der Waals surface area contributed by atoms with Crippen LogP contribution >= 0.6 is 0 Å². The van der Waals surface area contributed by atoms with Crippen LogP contribution in [0, 0.1) is 0 Å². The van der Waals surface area contributed by atoms with E-state index in [-0.39, 0.29) is 12.0 Å². The van der Waals surface area contributed by atoms with Crippen molar-refractivity contribution >= 4 is 5.91 Å². The first kappa shape index (κ1) is 20.7. The average Bonchev–Trinajstić information content (AvgIpc) is 2.91. The molecule has 1 unspecified atom stereocenters. The number of carbonyl (C=O) groups is 1. The summed E-state index contributed by atoms with van der Waals surface area (Å²) in [7, 11) is 1.66. The summed E-state index contributed by atoms with van der Waals surface area (Å²) >= 11 is 0. The molecule has 1 amide bonds. The van der Waals surface area contributed by atoms with Crippen molar-refractivity contribution in [3.05, 3.63) is 40.7 Å². The highest BCUT2D eigenvalue weighted by molar-refractivity contribution is 5.78. The number of hydrogen-bond acceptors (Lipinski definition) is 5. The van der Waals surface area contributed by atoms with Crippen LogP contribution in [0.1, 0.15) is 55.1 Å². The lowest BCUT2D eigenvalue weighted by molar-refractivity contribution is -0.122. The monoisotopic (exact) mass is 412 g/mol. The van der Waals surface area contributed by atoms with E-state index in [0.717, 1.165) is 48.6 Å². The molecule has 0 bridgehead atoms. The van der Waals surface area contributed by atoms with Gasteiger partial charge in [0.25, 0.3) is 0 Å². The number of methoxy groups -OCH3 is 1. The van der Waals surface area contributed by atoms with Gasteiger partial charge >= 0.3 is 0 Å². The minimum absolute atomic E-state index is 0.0153. The Balaban J connectivity index is 1.39. The van der Waals surface area contributed by atoms with Crippen LogP contribution < -0.4 is 14.8 Å². The van der Waals surface area contributed by atoms with E-state index in [2.05, 4.69) is 27.3 Å². The third-order valence-corrected chi connectivity index (χ3v) is 6.08. The van der Waals surface area contributed by atoms with Gasteiger partial charge in [-0.3, -0.25) is 14.8 Å². The van der Waals surface area contributed by atoms with Gasteiger partial charge in [-0.2, -0.15) is 5.10 Å². The maximum Gasteiger partial charge on any atom is 0.234 e. The number of rotatable bonds is 6. The van der Waals surface area contributed by atoms with E-state index < -0.39 is 0 Å². The molecule has 0 saturated carbocycles. The summed E-state index contributed by atoms with van der Waals surface area (Å²) in [6.45, 7) is 4.31. The van der Waals surface area contributed by atoms with Crippen molar-refractivity contribution in [2.75, 3.05) is 20.2 Å². The number of aromatic amines is 1. The van der Waals surface area contributed by atoms with Gasteiger partial charge in [-0.1, -0.05) is 13.3 Å². The standard InChI is InChI=1S/C23H32N4O3/c1-3-17-14-27(13-16-11-18(29-2)9-10-22(16)30-17)15-23(28)24-12-21-19-7-5-4-6-8-20(19)25-26-21/h9-11,17H,3-8,12-15H2,1-2H3,(H,24,28)(H,25,26). The second-order valence-corrected chi connectivity index (χ2v) is 8.26. The lowest BCUT2D eigenvalue weighted by Crippen LogP contribution is -2.40. The van der Waals surface area contributed by atoms with Gasteiger partial charge in [0.1, 0.15) is 17.6 Å². The zero-order chi connectivity index (χ0) is 20.9. The van der Waals surface area contributed by atoms with Crippen LogP contribution in [0.25, 0.3) is 0 Å². The molecule has 0 spiro atoms. The Morgan fingerprint density at radius 3 is 3.03 bits per heavy atom. The highest BCUT2D eigenvalue weighted by atomic mass is 16.5.